The van der Waals surface area contributed by atoms with Crippen LogP contribution in [0.3, 0.4) is 0 Å². The summed E-state index contributed by atoms with van der Waals surface area (Å²) in [6.45, 7) is 6.74. The van der Waals surface area contributed by atoms with Crippen LogP contribution in [0.25, 0.3) is 0 Å². The third-order valence-corrected chi connectivity index (χ3v) is 5.96. The van der Waals surface area contributed by atoms with Gasteiger partial charge in [-0.3, -0.25) is 4.79 Å². The predicted octanol–water partition coefficient (Wildman–Crippen LogP) is 2.68. The molecule has 2 aliphatic heterocycles. The summed E-state index contributed by atoms with van der Waals surface area (Å²) < 4.78 is 5.30. The molecule has 2 heterocycles. The number of urea groups is 1. The van der Waals surface area contributed by atoms with Gasteiger partial charge in [-0.2, -0.15) is 0 Å². The SMILES string of the molecule is Cc1ccc(C)c(N2CCN(C(=O)C3CNC(=O)N3C(=O)OCc3ccccc3)CC2)c1. The van der Waals surface area contributed by atoms with E-state index in [0.717, 1.165) is 10.5 Å². The Balaban J connectivity index is 1.37. The molecule has 4 amide bonds. The normalized spacial score (nSPS) is 18.5. The fourth-order valence-corrected chi connectivity index (χ4v) is 4.14. The second-order valence-corrected chi connectivity index (χ2v) is 8.21. The van der Waals surface area contributed by atoms with E-state index < -0.39 is 18.2 Å². The Kier molecular flexibility index (Phi) is 6.30. The molecule has 0 spiro atoms. The van der Waals surface area contributed by atoms with Crippen LogP contribution in [0.1, 0.15) is 16.7 Å². The average molecular weight is 437 g/mol. The molecule has 2 aliphatic rings. The molecule has 2 fully saturated rings. The highest BCUT2D eigenvalue weighted by atomic mass is 16.6. The number of carbonyl (C=O) groups excluding carboxylic acids is 3. The van der Waals surface area contributed by atoms with E-state index in [2.05, 4.69) is 42.3 Å². The molecule has 0 radical (unpaired) electrons. The van der Waals surface area contributed by atoms with Crippen LogP contribution < -0.4 is 10.2 Å². The van der Waals surface area contributed by atoms with Crippen LogP contribution in [0.2, 0.25) is 0 Å². The van der Waals surface area contributed by atoms with Gasteiger partial charge in [-0.25, -0.2) is 14.5 Å². The van der Waals surface area contributed by atoms with Gasteiger partial charge in [0.15, 0.2) is 0 Å². The van der Waals surface area contributed by atoms with Crippen molar-refractivity contribution in [3.63, 3.8) is 0 Å². The molecule has 1 N–H and O–H groups in total. The van der Waals surface area contributed by atoms with Gasteiger partial charge in [-0.05, 0) is 36.6 Å². The molecule has 1 unspecified atom stereocenters. The molecule has 8 nitrogen and oxygen atoms in total. The Bertz CT molecular complexity index is 1000. The number of carbonyl (C=O) groups is 3. The predicted molar refractivity (Wildman–Crippen MR) is 120 cm³/mol. The highest BCUT2D eigenvalue weighted by Crippen LogP contribution is 2.23. The Morgan fingerprint density at radius 1 is 1.03 bits per heavy atom. The van der Waals surface area contributed by atoms with Crippen molar-refractivity contribution < 1.29 is 19.1 Å². The van der Waals surface area contributed by atoms with Gasteiger partial charge in [0, 0.05) is 38.4 Å². The van der Waals surface area contributed by atoms with E-state index in [1.807, 2.05) is 30.3 Å². The molecule has 2 aromatic rings. The van der Waals surface area contributed by atoms with Crippen molar-refractivity contribution in [3.8, 4) is 0 Å². The Morgan fingerprint density at radius 2 is 1.75 bits per heavy atom. The maximum absolute atomic E-state index is 13.2. The number of anilines is 1. The van der Waals surface area contributed by atoms with Gasteiger partial charge < -0.3 is 19.9 Å². The van der Waals surface area contributed by atoms with E-state index in [1.165, 1.54) is 16.8 Å². The van der Waals surface area contributed by atoms with Crippen molar-refractivity contribution in [2.24, 2.45) is 0 Å². The van der Waals surface area contributed by atoms with Crippen molar-refractivity contribution in [3.05, 3.63) is 65.2 Å². The maximum Gasteiger partial charge on any atom is 0.419 e. The number of benzene rings is 2. The molecule has 0 saturated carbocycles. The molecule has 4 rings (SSSR count). The first kappa shape index (κ1) is 21.7. The van der Waals surface area contributed by atoms with Gasteiger partial charge in [0.05, 0.1) is 0 Å². The van der Waals surface area contributed by atoms with Crippen LogP contribution in [-0.4, -0.2) is 66.6 Å². The number of nitrogens with zero attached hydrogens (tertiary/aromatic N) is 3. The van der Waals surface area contributed by atoms with E-state index in [1.54, 1.807) is 4.90 Å². The molecular weight excluding hydrogens is 408 g/mol. The van der Waals surface area contributed by atoms with Crippen molar-refractivity contribution in [2.45, 2.75) is 26.5 Å². The van der Waals surface area contributed by atoms with E-state index in [4.69, 9.17) is 4.74 Å². The zero-order chi connectivity index (χ0) is 22.7. The maximum atomic E-state index is 13.2. The minimum atomic E-state index is -0.891. The standard InChI is InChI=1S/C24H28N4O4/c1-17-8-9-18(2)20(14-17)26-10-12-27(13-11-26)22(29)21-15-25-23(30)28(21)24(31)32-16-19-6-4-3-5-7-19/h3-9,14,21H,10-13,15-16H2,1-2H3,(H,25,30). The lowest BCUT2D eigenvalue weighted by atomic mass is 10.1. The lowest BCUT2D eigenvalue weighted by molar-refractivity contribution is -0.135. The zero-order valence-corrected chi connectivity index (χ0v) is 18.4. The molecule has 168 valence electrons. The molecule has 32 heavy (non-hydrogen) atoms. The first-order chi connectivity index (χ1) is 15.4. The highest BCUT2D eigenvalue weighted by Gasteiger charge is 2.43. The van der Waals surface area contributed by atoms with Crippen LogP contribution >= 0.6 is 0 Å². The summed E-state index contributed by atoms with van der Waals surface area (Å²) in [5, 5.41) is 2.60. The molecule has 2 saturated heterocycles. The van der Waals surface area contributed by atoms with Gasteiger partial charge in [0.25, 0.3) is 0 Å². The number of amides is 4. The Hall–Kier alpha value is -3.55. The first-order valence-corrected chi connectivity index (χ1v) is 10.8. The van der Waals surface area contributed by atoms with Gasteiger partial charge in [0.1, 0.15) is 12.6 Å². The number of hydrogen-bond acceptors (Lipinski definition) is 5. The molecule has 8 heteroatoms. The van der Waals surface area contributed by atoms with Gasteiger partial charge in [-0.15, -0.1) is 0 Å². The van der Waals surface area contributed by atoms with Crippen LogP contribution in [0.15, 0.2) is 48.5 Å². The third-order valence-electron chi connectivity index (χ3n) is 5.96. The summed E-state index contributed by atoms with van der Waals surface area (Å²) >= 11 is 0. The van der Waals surface area contributed by atoms with E-state index in [0.29, 0.717) is 26.2 Å². The topological polar surface area (TPSA) is 82.2 Å². The number of rotatable bonds is 4. The van der Waals surface area contributed by atoms with Crippen molar-refractivity contribution in [2.75, 3.05) is 37.6 Å². The average Bonchev–Trinajstić information content (AvgIpc) is 3.21. The summed E-state index contributed by atoms with van der Waals surface area (Å²) in [6.07, 6.45) is -0.809. The monoisotopic (exact) mass is 436 g/mol. The summed E-state index contributed by atoms with van der Waals surface area (Å²) in [6, 6.07) is 14.1. The lowest BCUT2D eigenvalue weighted by Gasteiger charge is -2.38. The van der Waals surface area contributed by atoms with Crippen molar-refractivity contribution in [1.29, 1.82) is 0 Å². The van der Waals surface area contributed by atoms with Crippen molar-refractivity contribution >= 4 is 23.7 Å². The summed E-state index contributed by atoms with van der Waals surface area (Å²) in [7, 11) is 0. The fraction of sp³-hybridized carbons (Fsp3) is 0.375. The minimum absolute atomic E-state index is 0.0406. The second kappa shape index (κ2) is 9.30. The molecule has 0 bridgehead atoms. The quantitative estimate of drug-likeness (QED) is 0.797. The summed E-state index contributed by atoms with van der Waals surface area (Å²) in [5.74, 6) is -0.236. The molecule has 0 aromatic heterocycles. The number of ether oxygens (including phenoxy) is 1. The third kappa shape index (κ3) is 4.54. The number of aryl methyl sites for hydroxylation is 2. The number of imide groups is 1. The molecular formula is C24H28N4O4. The largest absolute Gasteiger partial charge is 0.444 e. The van der Waals surface area contributed by atoms with E-state index in [9.17, 15) is 14.4 Å². The fourth-order valence-electron chi connectivity index (χ4n) is 4.14. The van der Waals surface area contributed by atoms with Gasteiger partial charge in [0.2, 0.25) is 5.91 Å². The zero-order valence-electron chi connectivity index (χ0n) is 18.4. The van der Waals surface area contributed by atoms with Gasteiger partial charge >= 0.3 is 12.1 Å². The van der Waals surface area contributed by atoms with Crippen LogP contribution in [0.4, 0.5) is 15.3 Å². The van der Waals surface area contributed by atoms with Crippen LogP contribution in [0, 0.1) is 13.8 Å². The molecule has 2 aromatic carbocycles. The molecule has 0 aliphatic carbocycles. The number of hydrogen-bond donors (Lipinski definition) is 1. The summed E-state index contributed by atoms with van der Waals surface area (Å²) in [4.78, 5) is 42.9. The van der Waals surface area contributed by atoms with Crippen LogP contribution in [-0.2, 0) is 16.1 Å². The van der Waals surface area contributed by atoms with E-state index in [-0.39, 0.29) is 19.1 Å². The molecule has 1 atom stereocenters. The van der Waals surface area contributed by atoms with Crippen LogP contribution in [0.5, 0.6) is 0 Å². The van der Waals surface area contributed by atoms with E-state index >= 15 is 0 Å². The Labute approximate surface area is 187 Å². The van der Waals surface area contributed by atoms with Gasteiger partial charge in [-0.1, -0.05) is 42.5 Å². The summed E-state index contributed by atoms with van der Waals surface area (Å²) in [5.41, 5.74) is 4.39. The Morgan fingerprint density at radius 3 is 2.47 bits per heavy atom. The number of piperazine rings is 1. The number of nitrogens with one attached hydrogen (secondary N) is 1. The lowest BCUT2D eigenvalue weighted by Crippen LogP contribution is -2.55. The second-order valence-electron chi connectivity index (χ2n) is 8.21. The highest BCUT2D eigenvalue weighted by molar-refractivity contribution is 6.00. The smallest absolute Gasteiger partial charge is 0.419 e. The first-order valence-electron chi connectivity index (χ1n) is 10.8. The minimum Gasteiger partial charge on any atom is -0.444 e. The van der Waals surface area contributed by atoms with Crippen molar-refractivity contribution in [1.82, 2.24) is 15.1 Å².